The molecule has 0 saturated carbocycles. The number of hydrogen-bond donors (Lipinski definition) is 2. The van der Waals surface area contributed by atoms with E-state index in [1.807, 2.05) is 13.8 Å². The zero-order valence-corrected chi connectivity index (χ0v) is 26.5. The zero-order valence-electron chi connectivity index (χ0n) is 26.5. The predicted molar refractivity (Wildman–Crippen MR) is 164 cm³/mol. The Morgan fingerprint density at radius 1 is 0.775 bits per heavy atom. The van der Waals surface area contributed by atoms with Crippen molar-refractivity contribution in [3.63, 3.8) is 0 Å². The molecular weight excluding hydrogens is 506 g/mol. The molecule has 0 spiro atoms. The summed E-state index contributed by atoms with van der Waals surface area (Å²) in [6, 6.07) is 0. The van der Waals surface area contributed by atoms with Gasteiger partial charge in [-0.2, -0.15) is 0 Å². The number of carbonyl (C=O) groups excluding carboxylic acids is 2. The number of nitrogens with one attached hydrogen (secondary N) is 1. The second kappa shape index (κ2) is 22.6. The van der Waals surface area contributed by atoms with Gasteiger partial charge >= 0.3 is 18.0 Å². The molecule has 1 atom stereocenters. The van der Waals surface area contributed by atoms with Crippen LogP contribution in [0.1, 0.15) is 163 Å². The largest absolute Gasteiger partial charge is 0.481 e. The van der Waals surface area contributed by atoms with E-state index in [0.29, 0.717) is 32.1 Å². The summed E-state index contributed by atoms with van der Waals surface area (Å²) < 4.78 is 11.9. The molecule has 0 aromatic heterocycles. The molecule has 0 bridgehead atoms. The van der Waals surface area contributed by atoms with Crippen LogP contribution in [0.4, 0.5) is 4.79 Å². The van der Waals surface area contributed by atoms with Gasteiger partial charge in [-0.05, 0) is 57.8 Å². The lowest BCUT2D eigenvalue weighted by Gasteiger charge is -2.42. The van der Waals surface area contributed by atoms with Crippen molar-refractivity contribution in [3.8, 4) is 0 Å². The number of aliphatic carboxylic acids is 1. The van der Waals surface area contributed by atoms with Gasteiger partial charge in [-0.15, -0.1) is 0 Å². The van der Waals surface area contributed by atoms with Crippen LogP contribution in [0.25, 0.3) is 0 Å². The molecule has 1 amide bonds. The summed E-state index contributed by atoms with van der Waals surface area (Å²) in [6.07, 6.45) is 19.1. The van der Waals surface area contributed by atoms with Crippen molar-refractivity contribution < 1.29 is 29.0 Å². The van der Waals surface area contributed by atoms with Gasteiger partial charge in [0.1, 0.15) is 11.7 Å². The van der Waals surface area contributed by atoms with Crippen LogP contribution < -0.4 is 5.32 Å². The van der Waals surface area contributed by atoms with Crippen molar-refractivity contribution in [3.05, 3.63) is 12.7 Å². The van der Waals surface area contributed by atoms with E-state index in [4.69, 9.17) is 14.6 Å². The van der Waals surface area contributed by atoms with E-state index < -0.39 is 23.1 Å². The van der Waals surface area contributed by atoms with Crippen LogP contribution in [0.5, 0.6) is 0 Å². The van der Waals surface area contributed by atoms with E-state index in [1.54, 1.807) is 0 Å². The van der Waals surface area contributed by atoms with Gasteiger partial charge in [0.05, 0.1) is 0 Å². The number of amides is 1. The van der Waals surface area contributed by atoms with E-state index in [2.05, 4.69) is 32.7 Å². The molecule has 7 nitrogen and oxygen atoms in total. The van der Waals surface area contributed by atoms with Gasteiger partial charge in [0.2, 0.25) is 0 Å². The Kier molecular flexibility index (Phi) is 21.5. The number of esters is 1. The van der Waals surface area contributed by atoms with Crippen LogP contribution >= 0.6 is 0 Å². The van der Waals surface area contributed by atoms with Crippen molar-refractivity contribution in [1.82, 2.24) is 5.32 Å². The number of unbranched alkanes of at least 4 members (excludes halogenated alkanes) is 10. The van der Waals surface area contributed by atoms with Crippen molar-refractivity contribution in [2.24, 2.45) is 0 Å². The van der Waals surface area contributed by atoms with Gasteiger partial charge in [-0.3, -0.25) is 4.79 Å². The van der Waals surface area contributed by atoms with Crippen LogP contribution in [0.2, 0.25) is 0 Å². The van der Waals surface area contributed by atoms with Gasteiger partial charge in [0, 0.05) is 24.5 Å². The van der Waals surface area contributed by atoms with Crippen molar-refractivity contribution in [1.29, 1.82) is 0 Å². The molecule has 40 heavy (non-hydrogen) atoms. The van der Waals surface area contributed by atoms with E-state index in [1.165, 1.54) is 18.9 Å². The first kappa shape index (κ1) is 38.0. The van der Waals surface area contributed by atoms with E-state index >= 15 is 0 Å². The Morgan fingerprint density at radius 2 is 1.27 bits per heavy atom. The third-order valence-electron chi connectivity index (χ3n) is 8.47. The minimum atomic E-state index is -0.709. The summed E-state index contributed by atoms with van der Waals surface area (Å²) in [5.41, 5.74) is -1.19. The molecule has 0 aromatic rings. The van der Waals surface area contributed by atoms with E-state index in [-0.39, 0.29) is 18.6 Å². The minimum absolute atomic E-state index is 0.0972. The smallest absolute Gasteiger partial charge is 0.407 e. The number of carboxylic acids is 1. The molecule has 0 heterocycles. The first-order valence-electron chi connectivity index (χ1n) is 16.2. The molecule has 0 rings (SSSR count). The molecule has 7 heteroatoms. The van der Waals surface area contributed by atoms with Crippen LogP contribution in [-0.2, 0) is 19.1 Å². The summed E-state index contributed by atoms with van der Waals surface area (Å²) in [5, 5.41) is 11.9. The molecular formula is C33H61NO6. The van der Waals surface area contributed by atoms with Gasteiger partial charge in [-0.25, -0.2) is 9.59 Å². The molecule has 0 aliphatic rings. The maximum Gasteiger partial charge on any atom is 0.407 e. The first-order chi connectivity index (χ1) is 19.1. The fraction of sp³-hybridized carbons (Fsp3) is 0.848. The molecule has 0 fully saturated rings. The highest BCUT2D eigenvalue weighted by Crippen LogP contribution is 2.35. The number of ether oxygens (including phenoxy) is 2. The molecule has 0 radical (unpaired) electrons. The average Bonchev–Trinajstić information content (AvgIpc) is 2.94. The lowest BCUT2D eigenvalue weighted by molar-refractivity contribution is -0.157. The third kappa shape index (κ3) is 16.9. The molecule has 2 N–H and O–H groups in total. The predicted octanol–water partition coefficient (Wildman–Crippen LogP) is 9.27. The minimum Gasteiger partial charge on any atom is -0.481 e. The standard InChI is InChI=1S/C33H61NO6/c1-7-13-14-21-24-28(25-22-19-17-15-16-18-20-23-26-29(35)36)39-31(38)34-32(9-3,10-4)27-33(11-5,12-6)40-30(37)8-2/h8,28H,2,7,9-27H2,1,3-6H3,(H,34,38)(H,35,36). The Balaban J connectivity index is 4.99. The first-order valence-corrected chi connectivity index (χ1v) is 16.2. The highest BCUT2D eigenvalue weighted by atomic mass is 16.6. The second-order valence-corrected chi connectivity index (χ2v) is 11.4. The van der Waals surface area contributed by atoms with Crippen LogP contribution in [0.3, 0.4) is 0 Å². The van der Waals surface area contributed by atoms with Crippen molar-refractivity contribution in [2.45, 2.75) is 180 Å². The maximum atomic E-state index is 13.2. The highest BCUT2D eigenvalue weighted by molar-refractivity contribution is 5.81. The Morgan fingerprint density at radius 3 is 1.73 bits per heavy atom. The summed E-state index contributed by atoms with van der Waals surface area (Å²) in [7, 11) is 0. The zero-order chi connectivity index (χ0) is 30.3. The highest BCUT2D eigenvalue weighted by Gasteiger charge is 2.41. The maximum absolute atomic E-state index is 13.2. The lowest BCUT2D eigenvalue weighted by atomic mass is 9.78. The topological polar surface area (TPSA) is 102 Å². The fourth-order valence-electron chi connectivity index (χ4n) is 5.44. The quantitative estimate of drug-likeness (QED) is 0.0613. The van der Waals surface area contributed by atoms with Crippen LogP contribution in [-0.4, -0.2) is 40.4 Å². The molecule has 0 saturated heterocycles. The van der Waals surface area contributed by atoms with Gasteiger partial charge in [-0.1, -0.05) is 99.0 Å². The van der Waals surface area contributed by atoms with Crippen molar-refractivity contribution >= 4 is 18.0 Å². The summed E-state index contributed by atoms with van der Waals surface area (Å²) in [6.45, 7) is 13.9. The molecule has 0 aromatic carbocycles. The summed E-state index contributed by atoms with van der Waals surface area (Å²) in [5.74, 6) is -1.14. The molecule has 234 valence electrons. The summed E-state index contributed by atoms with van der Waals surface area (Å²) >= 11 is 0. The Hall–Kier alpha value is -2.05. The number of rotatable bonds is 26. The van der Waals surface area contributed by atoms with E-state index in [0.717, 1.165) is 77.0 Å². The average molecular weight is 568 g/mol. The lowest BCUT2D eigenvalue weighted by Crippen LogP contribution is -2.54. The normalized spacial score (nSPS) is 12.5. The van der Waals surface area contributed by atoms with E-state index in [9.17, 15) is 14.4 Å². The van der Waals surface area contributed by atoms with Gasteiger partial charge in [0.25, 0.3) is 0 Å². The number of carbonyl (C=O) groups is 3. The Labute approximate surface area is 245 Å². The van der Waals surface area contributed by atoms with Crippen molar-refractivity contribution in [2.75, 3.05) is 0 Å². The summed E-state index contributed by atoms with van der Waals surface area (Å²) in [4.78, 5) is 35.9. The number of hydrogen-bond acceptors (Lipinski definition) is 5. The molecule has 0 aliphatic carbocycles. The molecule has 0 aliphatic heterocycles. The van der Waals surface area contributed by atoms with Gasteiger partial charge in [0.15, 0.2) is 0 Å². The third-order valence-corrected chi connectivity index (χ3v) is 8.47. The fourth-order valence-corrected chi connectivity index (χ4v) is 5.44. The molecule has 1 unspecified atom stereocenters. The number of carboxylic acid groups (broad SMARTS) is 1. The Bertz CT molecular complexity index is 699. The monoisotopic (exact) mass is 567 g/mol. The second-order valence-electron chi connectivity index (χ2n) is 11.4. The SMILES string of the molecule is C=CC(=O)OC(CC)(CC)CC(CC)(CC)NC(=O)OC(CCCCCC)CCCCCCCCCCC(=O)O. The van der Waals surface area contributed by atoms with Crippen LogP contribution in [0, 0.1) is 0 Å². The number of alkyl carbamates (subject to hydrolysis) is 1. The van der Waals surface area contributed by atoms with Crippen LogP contribution in [0.15, 0.2) is 12.7 Å². The van der Waals surface area contributed by atoms with Gasteiger partial charge < -0.3 is 19.9 Å².